The summed E-state index contributed by atoms with van der Waals surface area (Å²) in [6.07, 6.45) is 17.9. The lowest BCUT2D eigenvalue weighted by Gasteiger charge is -2.43. The summed E-state index contributed by atoms with van der Waals surface area (Å²) in [6.45, 7) is 17.8. The third-order valence-corrected chi connectivity index (χ3v) is 6.74. The number of hydrogen-bond donors (Lipinski definition) is 1. The number of nitrogens with zero attached hydrogens (tertiary/aromatic N) is 3. The molecule has 2 rings (SSSR count). The Labute approximate surface area is 246 Å². The van der Waals surface area contributed by atoms with E-state index in [1.165, 1.54) is 60.5 Å². The molecule has 8 heteroatoms. The third kappa shape index (κ3) is 16.8. The zero-order chi connectivity index (χ0) is 30.8. The van der Waals surface area contributed by atoms with Crippen LogP contribution in [-0.2, 0) is 19.2 Å². The molecule has 40 heavy (non-hydrogen) atoms. The molecule has 1 saturated carbocycles. The second-order valence-electron chi connectivity index (χ2n) is 9.80. The second-order valence-corrected chi connectivity index (χ2v) is 9.80. The van der Waals surface area contributed by atoms with Gasteiger partial charge in [-0.05, 0) is 52.0 Å². The quantitative estimate of drug-likeness (QED) is 0.148. The Hall–Kier alpha value is -2.19. The van der Waals surface area contributed by atoms with Crippen LogP contribution in [0, 0.1) is 5.92 Å². The molecule has 0 aromatic rings. The minimum absolute atomic E-state index is 0.0463. The van der Waals surface area contributed by atoms with E-state index in [0.29, 0.717) is 25.3 Å². The summed E-state index contributed by atoms with van der Waals surface area (Å²) < 4.78 is 0. The normalized spacial score (nSPS) is 18.5. The van der Waals surface area contributed by atoms with E-state index < -0.39 is 6.17 Å². The molecular formula is C32H62N4O4. The predicted octanol–water partition coefficient (Wildman–Crippen LogP) is 6.46. The number of amides is 3. The van der Waals surface area contributed by atoms with Crippen molar-refractivity contribution in [2.24, 2.45) is 11.7 Å². The molecule has 0 spiro atoms. The smallest absolute Gasteiger partial charge is 0.242 e. The van der Waals surface area contributed by atoms with Crippen LogP contribution in [0.25, 0.3) is 0 Å². The molecule has 0 radical (unpaired) electrons. The molecule has 234 valence electrons. The van der Waals surface area contributed by atoms with Crippen LogP contribution in [0.15, 0.2) is 23.8 Å². The number of nitrogens with two attached hydrogens (primary N) is 1. The van der Waals surface area contributed by atoms with E-state index in [0.717, 1.165) is 25.8 Å². The molecule has 2 N–H and O–H groups in total. The molecule has 0 aromatic carbocycles. The Balaban J connectivity index is 0. The number of carbonyl (C=O) groups is 3. The van der Waals surface area contributed by atoms with Crippen LogP contribution in [0.2, 0.25) is 0 Å². The maximum atomic E-state index is 12.6. The number of rotatable bonds is 14. The van der Waals surface area contributed by atoms with Crippen molar-refractivity contribution in [3.05, 3.63) is 23.8 Å². The molecule has 1 aliphatic carbocycles. The van der Waals surface area contributed by atoms with E-state index in [1.807, 2.05) is 47.6 Å². The molecule has 0 aromatic heterocycles. The summed E-state index contributed by atoms with van der Waals surface area (Å²) >= 11 is 0. The summed E-state index contributed by atoms with van der Waals surface area (Å²) in [5.74, 6) is 0.514. The topological polar surface area (TPSA) is 96.2 Å². The maximum absolute atomic E-state index is 12.6. The number of allylic oxidation sites excluding steroid dienone is 3. The SMILES string of the molecule is C/C=C\C(=C/CC)CCN1CC(N(C=O)OC(C)CC2CCCCC2)N(C=O)CC1=O.CC.CC.CCCCN. The minimum atomic E-state index is -0.609. The van der Waals surface area contributed by atoms with E-state index in [4.69, 9.17) is 10.6 Å². The fraction of sp³-hybridized carbons (Fsp3) is 0.781. The van der Waals surface area contributed by atoms with Gasteiger partial charge in [-0.2, -0.15) is 5.06 Å². The van der Waals surface area contributed by atoms with Gasteiger partial charge in [-0.25, -0.2) is 0 Å². The first kappa shape index (κ1) is 40.0. The molecule has 0 bridgehead atoms. The summed E-state index contributed by atoms with van der Waals surface area (Å²) in [7, 11) is 0. The van der Waals surface area contributed by atoms with Crippen molar-refractivity contribution in [1.29, 1.82) is 0 Å². The molecule has 2 fully saturated rings. The number of hydrogen-bond acceptors (Lipinski definition) is 5. The molecule has 8 nitrogen and oxygen atoms in total. The summed E-state index contributed by atoms with van der Waals surface area (Å²) in [6, 6.07) is 0. The zero-order valence-corrected chi connectivity index (χ0v) is 27.1. The Morgan fingerprint density at radius 1 is 1.12 bits per heavy atom. The average molecular weight is 567 g/mol. The lowest BCUT2D eigenvalue weighted by Crippen LogP contribution is -2.62. The van der Waals surface area contributed by atoms with Crippen LogP contribution in [0.4, 0.5) is 0 Å². The average Bonchev–Trinajstić information content (AvgIpc) is 2.98. The molecule has 1 aliphatic heterocycles. The molecule has 1 heterocycles. The van der Waals surface area contributed by atoms with Gasteiger partial charge in [0.25, 0.3) is 0 Å². The van der Waals surface area contributed by atoms with E-state index >= 15 is 0 Å². The third-order valence-electron chi connectivity index (χ3n) is 6.74. The highest BCUT2D eigenvalue weighted by Crippen LogP contribution is 2.28. The van der Waals surface area contributed by atoms with Gasteiger partial charge in [0.1, 0.15) is 6.54 Å². The van der Waals surface area contributed by atoms with Crippen LogP contribution < -0.4 is 5.73 Å². The van der Waals surface area contributed by atoms with Crippen LogP contribution in [0.3, 0.4) is 0 Å². The Bertz CT molecular complexity index is 690. The maximum Gasteiger partial charge on any atom is 0.242 e. The van der Waals surface area contributed by atoms with Gasteiger partial charge in [-0.3, -0.25) is 19.2 Å². The fourth-order valence-electron chi connectivity index (χ4n) is 4.82. The van der Waals surface area contributed by atoms with Crippen LogP contribution in [0.5, 0.6) is 0 Å². The molecule has 2 atom stereocenters. The van der Waals surface area contributed by atoms with Gasteiger partial charge in [-0.15, -0.1) is 0 Å². The predicted molar refractivity (Wildman–Crippen MR) is 167 cm³/mol. The molecule has 2 unspecified atom stereocenters. The largest absolute Gasteiger partial charge is 0.337 e. The van der Waals surface area contributed by atoms with E-state index in [9.17, 15) is 14.4 Å². The van der Waals surface area contributed by atoms with Crippen molar-refractivity contribution < 1.29 is 19.2 Å². The van der Waals surface area contributed by atoms with Crippen molar-refractivity contribution in [1.82, 2.24) is 14.9 Å². The summed E-state index contributed by atoms with van der Waals surface area (Å²) in [4.78, 5) is 45.1. The van der Waals surface area contributed by atoms with E-state index in [2.05, 4.69) is 26.0 Å². The number of carbonyl (C=O) groups excluding carboxylic acids is 3. The highest BCUT2D eigenvalue weighted by molar-refractivity contribution is 5.81. The first-order valence-electron chi connectivity index (χ1n) is 15.8. The Kier molecular flexibility index (Phi) is 27.0. The molecule has 2 aliphatic rings. The van der Waals surface area contributed by atoms with Gasteiger partial charge in [-0.1, -0.05) is 104 Å². The first-order chi connectivity index (χ1) is 19.4. The standard InChI is InChI=1S/C24H39N3O4.C4H11N.2C2H6/c1-4-9-21(10-5-2)13-14-25-16-23(26(18-28)17-24(25)30)27(19-29)31-20(3)15-22-11-7-6-8-12-22;1-2-3-4-5;2*1-2/h4,9-10,18-20,22-23H,5-8,11-17H2,1-3H3;2-5H2,1H3;2*1-2H3/b9-4-,21-10+;;;. The number of unbranched alkanes of at least 4 members (excludes halogenated alkanes) is 1. The van der Waals surface area contributed by atoms with Crippen molar-refractivity contribution in [3.63, 3.8) is 0 Å². The van der Waals surface area contributed by atoms with Crippen molar-refractivity contribution in [2.45, 2.75) is 132 Å². The van der Waals surface area contributed by atoms with Crippen LogP contribution in [0.1, 0.15) is 120 Å². The summed E-state index contributed by atoms with van der Waals surface area (Å²) in [5.41, 5.74) is 6.32. The lowest BCUT2D eigenvalue weighted by molar-refractivity contribution is -0.234. The molecule has 3 amide bonds. The van der Waals surface area contributed by atoms with Crippen molar-refractivity contribution in [3.8, 4) is 0 Å². The lowest BCUT2D eigenvalue weighted by atomic mass is 9.86. The number of piperazine rings is 1. The Morgan fingerprint density at radius 3 is 2.25 bits per heavy atom. The Morgan fingerprint density at radius 2 is 1.77 bits per heavy atom. The van der Waals surface area contributed by atoms with Gasteiger partial charge >= 0.3 is 0 Å². The number of hydroxylamine groups is 2. The van der Waals surface area contributed by atoms with Gasteiger partial charge in [0, 0.05) is 6.54 Å². The van der Waals surface area contributed by atoms with Crippen LogP contribution >= 0.6 is 0 Å². The highest BCUT2D eigenvalue weighted by Gasteiger charge is 2.36. The van der Waals surface area contributed by atoms with Gasteiger partial charge in [0.2, 0.25) is 18.7 Å². The van der Waals surface area contributed by atoms with Gasteiger partial charge in [0.05, 0.1) is 12.6 Å². The second kappa shape index (κ2) is 27.0. The van der Waals surface area contributed by atoms with E-state index in [1.54, 1.807) is 4.90 Å². The zero-order valence-electron chi connectivity index (χ0n) is 27.1. The monoisotopic (exact) mass is 566 g/mol. The minimum Gasteiger partial charge on any atom is -0.337 e. The van der Waals surface area contributed by atoms with E-state index in [-0.39, 0.29) is 25.1 Å². The molecule has 1 saturated heterocycles. The molecular weight excluding hydrogens is 504 g/mol. The van der Waals surface area contributed by atoms with Gasteiger partial charge in [0.15, 0.2) is 6.17 Å². The summed E-state index contributed by atoms with van der Waals surface area (Å²) in [5, 5.41) is 1.23. The van der Waals surface area contributed by atoms with Crippen LogP contribution in [-0.4, -0.2) is 72.0 Å². The van der Waals surface area contributed by atoms with Gasteiger partial charge < -0.3 is 15.5 Å². The highest BCUT2D eigenvalue weighted by atomic mass is 16.7. The van der Waals surface area contributed by atoms with Crippen molar-refractivity contribution in [2.75, 3.05) is 26.2 Å². The first-order valence-corrected chi connectivity index (χ1v) is 15.8. The van der Waals surface area contributed by atoms with Crippen molar-refractivity contribution >= 4 is 18.7 Å². The fourth-order valence-corrected chi connectivity index (χ4v) is 4.82.